The highest BCUT2D eigenvalue weighted by Crippen LogP contribution is 2.42. The summed E-state index contributed by atoms with van der Waals surface area (Å²) in [6, 6.07) is 3.51. The zero-order chi connectivity index (χ0) is 22.6. The molecule has 166 valence electrons. The van der Waals surface area contributed by atoms with Gasteiger partial charge in [0.25, 0.3) is 0 Å². The van der Waals surface area contributed by atoms with E-state index in [0.717, 1.165) is 12.1 Å². The molecule has 0 aliphatic rings. The van der Waals surface area contributed by atoms with E-state index in [9.17, 15) is 27.3 Å². The van der Waals surface area contributed by atoms with Crippen molar-refractivity contribution < 1.29 is 32.4 Å². The van der Waals surface area contributed by atoms with E-state index in [2.05, 4.69) is 10.3 Å². The maximum Gasteiger partial charge on any atom is 0.421 e. The standard InChI is InChI=1S/C17H21F3N4O4S2/c18-17(19,20)16(27,6-10-30(22,28)9-5-13(21)14(25)26)11-1-3-12(4-2-11)24-15-23-7-8-29-15/h1-4,7-8,13,22,27H,5-6,9-10,21H2,(H,23,24)(H,25,26)/t13-,16?,30?/m0/s1. The molecule has 1 aromatic carbocycles. The lowest BCUT2D eigenvalue weighted by molar-refractivity contribution is -0.267. The number of alkyl halides is 3. The van der Waals surface area contributed by atoms with Crippen molar-refractivity contribution in [3.63, 3.8) is 0 Å². The Labute approximate surface area is 174 Å². The molecule has 0 fully saturated rings. The number of rotatable bonds is 10. The van der Waals surface area contributed by atoms with E-state index in [0.29, 0.717) is 10.8 Å². The van der Waals surface area contributed by atoms with Gasteiger partial charge in [-0.1, -0.05) is 12.1 Å². The van der Waals surface area contributed by atoms with Gasteiger partial charge in [-0.05, 0) is 24.1 Å². The highest BCUT2D eigenvalue weighted by molar-refractivity contribution is 7.92. The molecule has 0 saturated carbocycles. The molecule has 2 rings (SSSR count). The Kier molecular flexibility index (Phi) is 7.45. The molecule has 0 radical (unpaired) electrons. The second-order valence-corrected chi connectivity index (χ2v) is 9.94. The fourth-order valence-corrected chi connectivity index (χ4v) is 4.56. The van der Waals surface area contributed by atoms with Crippen LogP contribution in [-0.4, -0.2) is 49.1 Å². The van der Waals surface area contributed by atoms with Gasteiger partial charge in [0.2, 0.25) is 0 Å². The summed E-state index contributed by atoms with van der Waals surface area (Å²) in [7, 11) is -3.58. The van der Waals surface area contributed by atoms with Crippen LogP contribution in [0.25, 0.3) is 0 Å². The summed E-state index contributed by atoms with van der Waals surface area (Å²) in [5.41, 5.74) is 1.97. The Bertz CT molecular complexity index is 950. The Morgan fingerprint density at radius 1 is 1.30 bits per heavy atom. The lowest BCUT2D eigenvalue weighted by Gasteiger charge is -2.31. The molecule has 30 heavy (non-hydrogen) atoms. The SMILES string of the molecule is N=S(=O)(CC[C@H](N)C(=O)O)CCC(O)(c1ccc(Nc2nccs2)cc1)C(F)(F)F. The van der Waals surface area contributed by atoms with E-state index < -0.39 is 57.0 Å². The minimum atomic E-state index is -5.08. The summed E-state index contributed by atoms with van der Waals surface area (Å²) in [5.74, 6) is -2.61. The minimum Gasteiger partial charge on any atom is -0.480 e. The van der Waals surface area contributed by atoms with Crippen molar-refractivity contribution in [2.45, 2.75) is 30.7 Å². The van der Waals surface area contributed by atoms with E-state index in [-0.39, 0.29) is 6.42 Å². The number of benzene rings is 1. The zero-order valence-corrected chi connectivity index (χ0v) is 17.2. The Hall–Kier alpha value is -2.22. The molecule has 13 heteroatoms. The third-order valence-electron chi connectivity index (χ3n) is 4.38. The van der Waals surface area contributed by atoms with Gasteiger partial charge in [0.05, 0.1) is 0 Å². The van der Waals surface area contributed by atoms with Gasteiger partial charge in [0.15, 0.2) is 10.7 Å². The third kappa shape index (κ3) is 6.14. The van der Waals surface area contributed by atoms with Gasteiger partial charge >= 0.3 is 12.1 Å². The number of aliphatic carboxylic acids is 1. The normalized spacial score (nSPS) is 17.0. The molecule has 2 unspecified atom stereocenters. The maximum absolute atomic E-state index is 13.7. The Morgan fingerprint density at radius 3 is 2.43 bits per heavy atom. The molecule has 1 aromatic heterocycles. The number of hydrogen-bond acceptors (Lipinski definition) is 8. The number of aromatic nitrogens is 1. The quantitative estimate of drug-likeness (QED) is 0.361. The van der Waals surface area contributed by atoms with Gasteiger partial charge in [-0.2, -0.15) is 13.2 Å². The van der Waals surface area contributed by atoms with Gasteiger partial charge in [0.1, 0.15) is 6.04 Å². The molecular weight excluding hydrogens is 445 g/mol. The van der Waals surface area contributed by atoms with Gasteiger partial charge in [-0.25, -0.2) is 9.19 Å². The first-order chi connectivity index (χ1) is 13.8. The first-order valence-corrected chi connectivity index (χ1v) is 11.4. The average Bonchev–Trinajstić information content (AvgIpc) is 3.17. The van der Waals surface area contributed by atoms with Crippen molar-refractivity contribution >= 4 is 37.9 Å². The monoisotopic (exact) mass is 466 g/mol. The van der Waals surface area contributed by atoms with Gasteiger partial charge in [-0.3, -0.25) is 9.57 Å². The van der Waals surface area contributed by atoms with Crippen LogP contribution in [0.1, 0.15) is 18.4 Å². The predicted octanol–water partition coefficient (Wildman–Crippen LogP) is 2.88. The summed E-state index contributed by atoms with van der Waals surface area (Å²) < 4.78 is 61.0. The smallest absolute Gasteiger partial charge is 0.421 e. The molecule has 0 amide bonds. The summed E-state index contributed by atoms with van der Waals surface area (Å²) in [4.78, 5) is 14.7. The lowest BCUT2D eigenvalue weighted by atomic mass is 9.90. The molecule has 0 spiro atoms. The topological polar surface area (TPSA) is 149 Å². The number of anilines is 2. The Balaban J connectivity index is 2.14. The number of nitrogens with zero attached hydrogens (tertiary/aromatic N) is 1. The van der Waals surface area contributed by atoms with Gasteiger partial charge in [0, 0.05) is 44.9 Å². The first kappa shape index (κ1) is 24.1. The van der Waals surface area contributed by atoms with Crippen LogP contribution < -0.4 is 11.1 Å². The second-order valence-electron chi connectivity index (χ2n) is 6.60. The molecule has 6 N–H and O–H groups in total. The van der Waals surface area contributed by atoms with Crippen LogP contribution in [0.5, 0.6) is 0 Å². The first-order valence-electron chi connectivity index (χ1n) is 8.63. The van der Waals surface area contributed by atoms with Crippen molar-refractivity contribution in [2.75, 3.05) is 16.8 Å². The Morgan fingerprint density at radius 2 is 1.93 bits per heavy atom. The summed E-state index contributed by atoms with van der Waals surface area (Å²) in [6.45, 7) is 0. The van der Waals surface area contributed by atoms with Crippen molar-refractivity contribution in [1.82, 2.24) is 4.98 Å². The van der Waals surface area contributed by atoms with E-state index in [1.54, 1.807) is 11.6 Å². The fourth-order valence-electron chi connectivity index (χ4n) is 2.54. The third-order valence-corrected chi connectivity index (χ3v) is 6.83. The van der Waals surface area contributed by atoms with E-state index in [4.69, 9.17) is 15.6 Å². The molecule has 0 bridgehead atoms. The molecule has 1 heterocycles. The molecule has 8 nitrogen and oxygen atoms in total. The van der Waals surface area contributed by atoms with Crippen LogP contribution in [0.4, 0.5) is 24.0 Å². The van der Waals surface area contributed by atoms with Crippen molar-refractivity contribution in [2.24, 2.45) is 5.73 Å². The van der Waals surface area contributed by atoms with Crippen LogP contribution in [0, 0.1) is 4.78 Å². The number of hydrogen-bond donors (Lipinski definition) is 5. The fraction of sp³-hybridized carbons (Fsp3) is 0.412. The molecule has 0 aliphatic carbocycles. The number of nitrogens with two attached hydrogens (primary N) is 1. The zero-order valence-electron chi connectivity index (χ0n) is 15.6. The number of carbonyl (C=O) groups is 1. The van der Waals surface area contributed by atoms with E-state index in [1.165, 1.54) is 23.5 Å². The number of thiazole rings is 1. The van der Waals surface area contributed by atoms with Crippen LogP contribution in [-0.2, 0) is 20.1 Å². The van der Waals surface area contributed by atoms with E-state index in [1.807, 2.05) is 0 Å². The molecule has 2 aromatic rings. The second kappa shape index (κ2) is 9.29. The van der Waals surface area contributed by atoms with Crippen molar-refractivity contribution in [1.29, 1.82) is 4.78 Å². The molecule has 0 saturated heterocycles. The molecule has 0 aliphatic heterocycles. The number of halogens is 3. The molecule has 3 atom stereocenters. The van der Waals surface area contributed by atoms with Crippen LogP contribution in [0.15, 0.2) is 35.8 Å². The molecular formula is C17H21F3N4O4S2. The predicted molar refractivity (Wildman–Crippen MR) is 107 cm³/mol. The highest BCUT2D eigenvalue weighted by atomic mass is 32.2. The maximum atomic E-state index is 13.7. The summed E-state index contributed by atoms with van der Waals surface area (Å²) >= 11 is 1.30. The van der Waals surface area contributed by atoms with Crippen molar-refractivity contribution in [3.8, 4) is 0 Å². The lowest BCUT2D eigenvalue weighted by Crippen LogP contribution is -2.44. The number of carboxylic acids is 1. The number of carboxylic acid groups (broad SMARTS) is 1. The summed E-state index contributed by atoms with van der Waals surface area (Å²) in [5, 5.41) is 24.3. The number of aliphatic hydroxyl groups is 1. The van der Waals surface area contributed by atoms with Crippen LogP contribution in [0.2, 0.25) is 0 Å². The van der Waals surface area contributed by atoms with Crippen LogP contribution in [0.3, 0.4) is 0 Å². The largest absolute Gasteiger partial charge is 0.480 e. The van der Waals surface area contributed by atoms with Gasteiger partial charge in [-0.15, -0.1) is 11.3 Å². The van der Waals surface area contributed by atoms with Crippen molar-refractivity contribution in [3.05, 3.63) is 41.4 Å². The highest BCUT2D eigenvalue weighted by Gasteiger charge is 2.54. The van der Waals surface area contributed by atoms with Crippen LogP contribution >= 0.6 is 11.3 Å². The minimum absolute atomic E-state index is 0.320. The van der Waals surface area contributed by atoms with Gasteiger partial charge < -0.3 is 21.3 Å². The summed E-state index contributed by atoms with van der Waals surface area (Å²) in [6.07, 6.45) is -4.85. The average molecular weight is 467 g/mol. The van der Waals surface area contributed by atoms with E-state index >= 15 is 0 Å². The number of nitrogens with one attached hydrogen (secondary N) is 2.